The van der Waals surface area contributed by atoms with Crippen molar-refractivity contribution >= 4 is 50.1 Å². The van der Waals surface area contributed by atoms with Crippen LogP contribution < -0.4 is 11.1 Å². The molecule has 0 spiro atoms. The highest BCUT2D eigenvalue weighted by atomic mass is 35.5. The first-order chi connectivity index (χ1) is 16.6. The van der Waals surface area contributed by atoms with Gasteiger partial charge in [0, 0.05) is 37.7 Å². The Morgan fingerprint density at radius 1 is 1.14 bits per heavy atom. The van der Waals surface area contributed by atoms with Gasteiger partial charge in [-0.1, -0.05) is 23.7 Å². The van der Waals surface area contributed by atoms with E-state index in [1.54, 1.807) is 36.1 Å². The molecule has 188 valence electrons. The highest BCUT2D eigenvalue weighted by Crippen LogP contribution is 2.29. The van der Waals surface area contributed by atoms with E-state index in [0.29, 0.717) is 36.6 Å². The highest BCUT2D eigenvalue weighted by Gasteiger charge is 2.45. The zero-order valence-electron chi connectivity index (χ0n) is 19.3. The molecule has 0 radical (unpaired) electrons. The summed E-state index contributed by atoms with van der Waals surface area (Å²) in [6.45, 7) is 3.64. The number of carbonyl (C=O) groups is 3. The van der Waals surface area contributed by atoms with Gasteiger partial charge in [-0.2, -0.15) is 4.31 Å². The number of halogens is 1. The van der Waals surface area contributed by atoms with Crippen LogP contribution in [-0.4, -0.2) is 91.6 Å². The van der Waals surface area contributed by atoms with E-state index >= 15 is 0 Å². The average molecular weight is 522 g/mol. The molecule has 2 atom stereocenters. The number of nitrogens with two attached hydrogens (primary N) is 1. The molecule has 0 bridgehead atoms. The fourth-order valence-corrected chi connectivity index (χ4v) is 6.42. The minimum Gasteiger partial charge on any atom is -0.369 e. The summed E-state index contributed by atoms with van der Waals surface area (Å²) < 4.78 is 28.1. The molecule has 12 heteroatoms. The second kappa shape index (κ2) is 10.1. The summed E-state index contributed by atoms with van der Waals surface area (Å²) in [6, 6.07) is 7.69. The van der Waals surface area contributed by atoms with Crippen molar-refractivity contribution in [3.63, 3.8) is 0 Å². The Hall–Kier alpha value is -2.73. The predicted octanol–water partition coefficient (Wildman–Crippen LogP) is 0.390. The first-order valence-corrected chi connectivity index (χ1v) is 13.2. The third kappa shape index (κ3) is 5.13. The Labute approximate surface area is 209 Å². The number of piperazine rings is 1. The Kier molecular flexibility index (Phi) is 7.32. The fraction of sp³-hybridized carbons (Fsp3) is 0.435. The number of sulfonamides is 1. The van der Waals surface area contributed by atoms with E-state index < -0.39 is 40.5 Å². The van der Waals surface area contributed by atoms with Crippen LogP contribution in [0, 0.1) is 0 Å². The number of hydrogen-bond acceptors (Lipinski definition) is 6. The van der Waals surface area contributed by atoms with E-state index in [0.717, 1.165) is 9.69 Å². The van der Waals surface area contributed by atoms with Crippen LogP contribution in [0.5, 0.6) is 0 Å². The maximum Gasteiger partial charge on any atom is 0.245 e. The average Bonchev–Trinajstić information content (AvgIpc) is 3.22. The van der Waals surface area contributed by atoms with Crippen LogP contribution in [0.3, 0.4) is 0 Å². The molecule has 4 rings (SSSR count). The van der Waals surface area contributed by atoms with Gasteiger partial charge < -0.3 is 20.9 Å². The maximum atomic E-state index is 13.6. The molecule has 3 amide bonds. The summed E-state index contributed by atoms with van der Waals surface area (Å²) in [6.07, 6.45) is 0.147. The quantitative estimate of drug-likeness (QED) is 0.541. The number of fused-ring (bicyclic) bond motifs is 1. The zero-order chi connectivity index (χ0) is 25.3. The lowest BCUT2D eigenvalue weighted by Gasteiger charge is -2.33. The second-order valence-electron chi connectivity index (χ2n) is 8.76. The molecule has 0 aromatic heterocycles. The normalized spacial score (nSPS) is 20.0. The molecule has 2 aromatic carbocycles. The molecule has 2 aliphatic heterocycles. The molecule has 3 N–H and O–H groups in total. The molecule has 0 aliphatic carbocycles. The molecule has 0 saturated carbocycles. The van der Waals surface area contributed by atoms with E-state index in [2.05, 4.69) is 5.32 Å². The summed E-state index contributed by atoms with van der Waals surface area (Å²) in [5.41, 5.74) is 5.38. The van der Waals surface area contributed by atoms with Crippen LogP contribution >= 0.6 is 11.6 Å². The predicted molar refractivity (Wildman–Crippen MR) is 131 cm³/mol. The van der Waals surface area contributed by atoms with E-state index in [1.165, 1.54) is 17.0 Å². The van der Waals surface area contributed by atoms with Crippen molar-refractivity contribution in [3.8, 4) is 0 Å². The number of nitrogens with zero attached hydrogens (tertiary/aromatic N) is 3. The van der Waals surface area contributed by atoms with Gasteiger partial charge in [0.15, 0.2) is 0 Å². The minimum absolute atomic E-state index is 0.0650. The molecule has 35 heavy (non-hydrogen) atoms. The number of benzene rings is 2. The Morgan fingerprint density at radius 2 is 1.80 bits per heavy atom. The van der Waals surface area contributed by atoms with Crippen LogP contribution in [-0.2, 0) is 24.4 Å². The summed E-state index contributed by atoms with van der Waals surface area (Å²) in [7, 11) is -4.26. The van der Waals surface area contributed by atoms with Crippen molar-refractivity contribution in [1.82, 2.24) is 19.4 Å². The molecular formula is C23H28ClN5O5S. The number of hydrogen-bond donors (Lipinski definition) is 2. The molecule has 10 nitrogen and oxygen atoms in total. The molecule has 2 heterocycles. The van der Waals surface area contributed by atoms with Gasteiger partial charge in [-0.15, -0.1) is 0 Å². The van der Waals surface area contributed by atoms with Crippen molar-refractivity contribution in [1.29, 1.82) is 0 Å². The number of nitrogens with one attached hydrogen (secondary N) is 1. The first kappa shape index (κ1) is 25.4. The van der Waals surface area contributed by atoms with Crippen LogP contribution in [0.1, 0.15) is 13.3 Å². The zero-order valence-corrected chi connectivity index (χ0v) is 20.9. The number of primary amides is 1. The Bertz CT molecular complexity index is 1260. The third-order valence-corrected chi connectivity index (χ3v) is 8.59. The van der Waals surface area contributed by atoms with Gasteiger partial charge in [0.2, 0.25) is 27.7 Å². The van der Waals surface area contributed by atoms with Crippen LogP contribution in [0.4, 0.5) is 0 Å². The van der Waals surface area contributed by atoms with Crippen molar-refractivity contribution in [2.24, 2.45) is 5.73 Å². The lowest BCUT2D eigenvalue weighted by Crippen LogP contribution is -2.55. The van der Waals surface area contributed by atoms with Gasteiger partial charge in [-0.3, -0.25) is 14.4 Å². The third-order valence-electron chi connectivity index (χ3n) is 6.50. The SMILES string of the molecule is C[C@@H](C(=O)N1CCNCC1)N1CC[C@H](N(CC(N)=O)S(=O)(=O)c2ccc3cc(Cl)ccc3c2)C1=O. The van der Waals surface area contributed by atoms with Gasteiger partial charge in [0.1, 0.15) is 12.1 Å². The largest absolute Gasteiger partial charge is 0.369 e. The van der Waals surface area contributed by atoms with Crippen molar-refractivity contribution < 1.29 is 22.8 Å². The molecular weight excluding hydrogens is 494 g/mol. The van der Waals surface area contributed by atoms with Crippen LogP contribution in [0.15, 0.2) is 41.3 Å². The van der Waals surface area contributed by atoms with E-state index in [9.17, 15) is 22.8 Å². The lowest BCUT2D eigenvalue weighted by molar-refractivity contribution is -0.144. The minimum atomic E-state index is -4.26. The molecule has 2 saturated heterocycles. The molecule has 2 fully saturated rings. The van der Waals surface area contributed by atoms with Crippen molar-refractivity contribution in [2.45, 2.75) is 30.3 Å². The Balaban J connectivity index is 1.60. The van der Waals surface area contributed by atoms with E-state index in [4.69, 9.17) is 17.3 Å². The number of likely N-dealkylation sites (tertiary alicyclic amines) is 1. The second-order valence-corrected chi connectivity index (χ2v) is 11.1. The standard InChI is InChI=1S/C23H28ClN5O5S/c1-15(22(31)27-10-7-26-8-11-27)28-9-6-20(23(28)32)29(14-21(25)30)35(33,34)19-5-3-16-12-18(24)4-2-17(16)13-19/h2-5,12-13,15,20,26H,6-11,14H2,1H3,(H2,25,30)/t15-,20-/m0/s1. The summed E-state index contributed by atoms with van der Waals surface area (Å²) >= 11 is 6.02. The van der Waals surface area contributed by atoms with Gasteiger partial charge in [0.05, 0.1) is 11.4 Å². The van der Waals surface area contributed by atoms with Crippen LogP contribution in [0.25, 0.3) is 10.8 Å². The number of carbonyl (C=O) groups excluding carboxylic acids is 3. The summed E-state index contributed by atoms with van der Waals surface area (Å²) in [5.74, 6) is -1.58. The van der Waals surface area contributed by atoms with Gasteiger partial charge in [0.25, 0.3) is 0 Å². The van der Waals surface area contributed by atoms with Crippen LogP contribution in [0.2, 0.25) is 5.02 Å². The Morgan fingerprint density at radius 3 is 2.49 bits per heavy atom. The summed E-state index contributed by atoms with van der Waals surface area (Å²) in [5, 5.41) is 5.09. The highest BCUT2D eigenvalue weighted by molar-refractivity contribution is 7.89. The molecule has 0 unspecified atom stereocenters. The van der Waals surface area contributed by atoms with Gasteiger partial charge in [-0.25, -0.2) is 8.42 Å². The summed E-state index contributed by atoms with van der Waals surface area (Å²) in [4.78, 5) is 41.2. The fourth-order valence-electron chi connectivity index (χ4n) is 4.63. The molecule has 2 aliphatic rings. The molecule has 2 aromatic rings. The smallest absolute Gasteiger partial charge is 0.245 e. The lowest BCUT2D eigenvalue weighted by atomic mass is 10.1. The monoisotopic (exact) mass is 521 g/mol. The van der Waals surface area contributed by atoms with E-state index in [-0.39, 0.29) is 23.8 Å². The maximum absolute atomic E-state index is 13.6. The van der Waals surface area contributed by atoms with Crippen molar-refractivity contribution in [2.75, 3.05) is 39.3 Å². The van der Waals surface area contributed by atoms with E-state index in [1.807, 2.05) is 0 Å². The first-order valence-electron chi connectivity index (χ1n) is 11.4. The van der Waals surface area contributed by atoms with Crippen molar-refractivity contribution in [3.05, 3.63) is 41.4 Å². The van der Waals surface area contributed by atoms with Gasteiger partial charge in [-0.05, 0) is 48.4 Å². The number of amides is 3. The van der Waals surface area contributed by atoms with Gasteiger partial charge >= 0.3 is 0 Å². The topological polar surface area (TPSA) is 133 Å². The number of rotatable bonds is 7.